The average Bonchev–Trinajstić information content (AvgIpc) is 3.40. The molecule has 198 valence electrons. The number of hydrogen-bond donors (Lipinski definition) is 1. The number of ether oxygens (including phenoxy) is 1. The number of aryl methyl sites for hydroxylation is 2. The molecule has 5 heterocycles. The first kappa shape index (κ1) is 24.8. The van der Waals surface area contributed by atoms with Crippen LogP contribution < -0.4 is 5.56 Å². The van der Waals surface area contributed by atoms with E-state index < -0.39 is 0 Å². The number of hydrogen-bond acceptors (Lipinski definition) is 6. The second-order valence-corrected chi connectivity index (χ2v) is 10.5. The molecule has 0 saturated carbocycles. The normalized spacial score (nSPS) is 17.4. The molecule has 2 aliphatic heterocycles. The number of aromatic nitrogens is 4. The predicted molar refractivity (Wildman–Crippen MR) is 147 cm³/mol. The number of nitrogens with zero attached hydrogens (tertiary/aromatic N) is 5. The Morgan fingerprint density at radius 2 is 1.92 bits per heavy atom. The molecule has 9 heteroatoms. The van der Waals surface area contributed by atoms with Crippen LogP contribution in [-0.4, -0.2) is 81.4 Å². The number of piperazine rings is 1. The summed E-state index contributed by atoms with van der Waals surface area (Å²) in [6, 6.07) is 8.17. The van der Waals surface area contributed by atoms with E-state index >= 15 is 0 Å². The highest BCUT2D eigenvalue weighted by Crippen LogP contribution is 2.30. The van der Waals surface area contributed by atoms with Crippen molar-refractivity contribution in [2.75, 3.05) is 45.9 Å². The SMILES string of the molecule is Cc1cc2[nH]c(=O)c3cnn(C4CCOCC4)c3c2cc1C(=O)N1CCN(CCCc2cccnc2)CC1. The second kappa shape index (κ2) is 10.7. The maximum Gasteiger partial charge on any atom is 0.259 e. The Balaban J connectivity index is 1.20. The molecular weight excluding hydrogens is 480 g/mol. The molecule has 9 nitrogen and oxygen atoms in total. The van der Waals surface area contributed by atoms with Crippen molar-refractivity contribution in [2.24, 2.45) is 0 Å². The number of aromatic amines is 1. The Bertz CT molecular complexity index is 1500. The summed E-state index contributed by atoms with van der Waals surface area (Å²) in [5, 5.41) is 6.03. The maximum absolute atomic E-state index is 13.7. The molecule has 0 atom stereocenters. The number of amides is 1. The van der Waals surface area contributed by atoms with E-state index in [9.17, 15) is 9.59 Å². The molecule has 2 aliphatic rings. The van der Waals surface area contributed by atoms with Crippen LogP contribution >= 0.6 is 0 Å². The summed E-state index contributed by atoms with van der Waals surface area (Å²) in [4.78, 5) is 38.1. The van der Waals surface area contributed by atoms with Gasteiger partial charge < -0.3 is 14.6 Å². The van der Waals surface area contributed by atoms with Gasteiger partial charge in [0.05, 0.1) is 28.7 Å². The van der Waals surface area contributed by atoms with Crippen LogP contribution in [0.15, 0.2) is 47.7 Å². The average molecular weight is 515 g/mol. The zero-order valence-corrected chi connectivity index (χ0v) is 21.9. The van der Waals surface area contributed by atoms with Gasteiger partial charge in [-0.1, -0.05) is 6.07 Å². The number of carbonyl (C=O) groups is 1. The van der Waals surface area contributed by atoms with Gasteiger partial charge in [0.15, 0.2) is 0 Å². The van der Waals surface area contributed by atoms with Gasteiger partial charge in [-0.2, -0.15) is 5.10 Å². The molecule has 1 amide bonds. The first-order valence-electron chi connectivity index (χ1n) is 13.6. The lowest BCUT2D eigenvalue weighted by Gasteiger charge is -2.35. The van der Waals surface area contributed by atoms with Gasteiger partial charge in [0.25, 0.3) is 11.5 Å². The van der Waals surface area contributed by atoms with E-state index in [-0.39, 0.29) is 17.5 Å². The van der Waals surface area contributed by atoms with Crippen LogP contribution in [0.25, 0.3) is 21.8 Å². The molecule has 6 rings (SSSR count). The van der Waals surface area contributed by atoms with Crippen molar-refractivity contribution in [1.29, 1.82) is 0 Å². The topological polar surface area (TPSA) is 96.3 Å². The molecule has 0 bridgehead atoms. The maximum atomic E-state index is 13.7. The summed E-state index contributed by atoms with van der Waals surface area (Å²) < 4.78 is 7.51. The molecule has 0 aliphatic carbocycles. The lowest BCUT2D eigenvalue weighted by molar-refractivity contribution is 0.0635. The van der Waals surface area contributed by atoms with E-state index in [0.29, 0.717) is 37.3 Å². The summed E-state index contributed by atoms with van der Waals surface area (Å²) >= 11 is 0. The summed E-state index contributed by atoms with van der Waals surface area (Å²) in [7, 11) is 0. The van der Waals surface area contributed by atoms with Crippen molar-refractivity contribution < 1.29 is 9.53 Å². The van der Waals surface area contributed by atoms with Crippen LogP contribution in [0.3, 0.4) is 0 Å². The number of carbonyl (C=O) groups excluding carboxylic acids is 1. The number of fused-ring (bicyclic) bond motifs is 3. The molecule has 38 heavy (non-hydrogen) atoms. The highest BCUT2D eigenvalue weighted by molar-refractivity contribution is 6.07. The zero-order valence-electron chi connectivity index (χ0n) is 21.9. The monoisotopic (exact) mass is 514 g/mol. The lowest BCUT2D eigenvalue weighted by Crippen LogP contribution is -2.49. The van der Waals surface area contributed by atoms with Crippen LogP contribution in [0, 0.1) is 6.92 Å². The highest BCUT2D eigenvalue weighted by atomic mass is 16.5. The van der Waals surface area contributed by atoms with E-state index in [4.69, 9.17) is 4.74 Å². The first-order valence-corrected chi connectivity index (χ1v) is 13.6. The lowest BCUT2D eigenvalue weighted by atomic mass is 10.0. The van der Waals surface area contributed by atoms with Gasteiger partial charge in [0.2, 0.25) is 0 Å². The molecule has 2 fully saturated rings. The molecule has 1 N–H and O–H groups in total. The molecule has 0 spiro atoms. The third-order valence-electron chi connectivity index (χ3n) is 8.00. The number of nitrogens with one attached hydrogen (secondary N) is 1. The summed E-state index contributed by atoms with van der Waals surface area (Å²) in [6.07, 6.45) is 9.20. The summed E-state index contributed by atoms with van der Waals surface area (Å²) in [5.41, 5.74) is 4.22. The van der Waals surface area contributed by atoms with Gasteiger partial charge in [-0.15, -0.1) is 0 Å². The largest absolute Gasteiger partial charge is 0.381 e. The highest BCUT2D eigenvalue weighted by Gasteiger charge is 2.25. The standard InChI is InChI=1S/C29H34N6O3/c1-20-16-26-24(27-25(28(36)32-26)19-31-35(27)22-6-14-38-15-7-22)17-23(20)29(37)34-12-10-33(11-13-34)9-3-5-21-4-2-8-30-18-21/h2,4,8,16-19,22H,3,5-7,9-15H2,1H3,(H,32,36). The molecule has 1 aromatic carbocycles. The van der Waals surface area contributed by atoms with Crippen LogP contribution in [0.1, 0.15) is 46.8 Å². The van der Waals surface area contributed by atoms with E-state index in [1.807, 2.05) is 40.9 Å². The van der Waals surface area contributed by atoms with Crippen molar-refractivity contribution >= 4 is 27.7 Å². The Morgan fingerprint density at radius 1 is 1.11 bits per heavy atom. The molecular formula is C29H34N6O3. The molecule has 3 aromatic heterocycles. The van der Waals surface area contributed by atoms with Crippen molar-refractivity contribution in [3.05, 3.63) is 69.9 Å². The predicted octanol–water partition coefficient (Wildman–Crippen LogP) is 3.32. The smallest absolute Gasteiger partial charge is 0.259 e. The molecule has 2 saturated heterocycles. The van der Waals surface area contributed by atoms with Gasteiger partial charge in [-0.25, -0.2) is 0 Å². The van der Waals surface area contributed by atoms with Crippen molar-refractivity contribution in [3.63, 3.8) is 0 Å². The van der Waals surface area contributed by atoms with E-state index in [1.54, 1.807) is 12.4 Å². The van der Waals surface area contributed by atoms with Gasteiger partial charge in [-0.05, 0) is 68.5 Å². The van der Waals surface area contributed by atoms with Crippen LogP contribution in [0.5, 0.6) is 0 Å². The fraction of sp³-hybridized carbons (Fsp3) is 0.448. The molecule has 0 radical (unpaired) electrons. The van der Waals surface area contributed by atoms with Gasteiger partial charge in [-0.3, -0.25) is 24.2 Å². The van der Waals surface area contributed by atoms with Gasteiger partial charge in [0.1, 0.15) is 0 Å². The minimum absolute atomic E-state index is 0.0518. The number of rotatable bonds is 6. The van der Waals surface area contributed by atoms with Crippen molar-refractivity contribution in [3.8, 4) is 0 Å². The number of benzene rings is 1. The second-order valence-electron chi connectivity index (χ2n) is 10.5. The van der Waals surface area contributed by atoms with Crippen LogP contribution in [0.2, 0.25) is 0 Å². The van der Waals surface area contributed by atoms with Gasteiger partial charge >= 0.3 is 0 Å². The summed E-state index contributed by atoms with van der Waals surface area (Å²) in [6.45, 7) is 7.51. The van der Waals surface area contributed by atoms with E-state index in [0.717, 1.165) is 67.3 Å². The first-order chi connectivity index (χ1) is 18.6. The Morgan fingerprint density at radius 3 is 2.68 bits per heavy atom. The number of H-pyrrole nitrogens is 1. The van der Waals surface area contributed by atoms with Crippen molar-refractivity contribution in [2.45, 2.75) is 38.6 Å². The minimum atomic E-state index is -0.149. The van der Waals surface area contributed by atoms with E-state index in [1.165, 1.54) is 5.56 Å². The Labute approximate surface area is 221 Å². The third-order valence-corrected chi connectivity index (χ3v) is 8.00. The fourth-order valence-electron chi connectivity index (χ4n) is 5.83. The molecule has 4 aromatic rings. The Hall–Kier alpha value is -3.56. The third kappa shape index (κ3) is 4.83. The van der Waals surface area contributed by atoms with Crippen molar-refractivity contribution in [1.82, 2.24) is 29.5 Å². The van der Waals surface area contributed by atoms with Gasteiger partial charge in [0, 0.05) is 62.7 Å². The fourth-order valence-corrected chi connectivity index (χ4v) is 5.83. The summed E-state index contributed by atoms with van der Waals surface area (Å²) in [5.74, 6) is 0.0518. The minimum Gasteiger partial charge on any atom is -0.381 e. The van der Waals surface area contributed by atoms with Crippen LogP contribution in [0.4, 0.5) is 0 Å². The number of pyridine rings is 2. The zero-order chi connectivity index (χ0) is 26.1. The Kier molecular flexibility index (Phi) is 6.95. The van der Waals surface area contributed by atoms with E-state index in [2.05, 4.69) is 26.0 Å². The molecule has 0 unspecified atom stereocenters. The van der Waals surface area contributed by atoms with Crippen LogP contribution in [-0.2, 0) is 11.2 Å². The quantitative estimate of drug-likeness (QED) is 0.424.